The van der Waals surface area contributed by atoms with Crippen LogP contribution in [0.4, 0.5) is 17.1 Å². The fourth-order valence-electron chi connectivity index (χ4n) is 3.25. The van der Waals surface area contributed by atoms with E-state index in [0.717, 1.165) is 4.31 Å². The van der Waals surface area contributed by atoms with E-state index < -0.39 is 20.9 Å². The smallest absolute Gasteiger partial charge is 0.270 e. The maximum absolute atomic E-state index is 13.1. The molecule has 1 aliphatic rings. The van der Waals surface area contributed by atoms with Crippen molar-refractivity contribution in [3.05, 3.63) is 52.1 Å². The highest BCUT2D eigenvalue weighted by atomic mass is 32.2. The topological polar surface area (TPSA) is 131 Å². The number of ether oxygens (including phenoxy) is 2. The Hall–Kier alpha value is -3.22. The molecule has 0 aromatic heterocycles. The van der Waals surface area contributed by atoms with E-state index in [9.17, 15) is 23.3 Å². The lowest BCUT2D eigenvalue weighted by molar-refractivity contribution is -0.384. The van der Waals surface area contributed by atoms with Gasteiger partial charge in [0.1, 0.15) is 10.6 Å². The van der Waals surface area contributed by atoms with Crippen molar-refractivity contribution >= 4 is 33.0 Å². The number of hydrogen-bond acceptors (Lipinski definition) is 8. The van der Waals surface area contributed by atoms with E-state index in [1.807, 2.05) is 4.90 Å². The van der Waals surface area contributed by atoms with Gasteiger partial charge in [0.15, 0.2) is 0 Å². The number of nitrogens with zero attached hydrogens (tertiary/aromatic N) is 3. The number of nitro groups is 1. The van der Waals surface area contributed by atoms with Crippen LogP contribution in [0, 0.1) is 10.1 Å². The van der Waals surface area contributed by atoms with E-state index in [4.69, 9.17) is 9.47 Å². The molecular weight excluding hydrogens is 440 g/mol. The van der Waals surface area contributed by atoms with Crippen LogP contribution in [0.5, 0.6) is 5.75 Å². The summed E-state index contributed by atoms with van der Waals surface area (Å²) in [4.78, 5) is 25.6. The summed E-state index contributed by atoms with van der Waals surface area (Å²) < 4.78 is 36.8. The van der Waals surface area contributed by atoms with Crippen molar-refractivity contribution in [1.29, 1.82) is 0 Å². The van der Waals surface area contributed by atoms with Crippen LogP contribution in [-0.4, -0.2) is 71.1 Å². The van der Waals surface area contributed by atoms with Gasteiger partial charge in [0.25, 0.3) is 11.6 Å². The third-order valence-electron chi connectivity index (χ3n) is 4.97. The second-order valence-electron chi connectivity index (χ2n) is 7.17. The van der Waals surface area contributed by atoms with Gasteiger partial charge in [-0.3, -0.25) is 14.9 Å². The highest BCUT2D eigenvalue weighted by Crippen LogP contribution is 2.31. The first kappa shape index (κ1) is 23.4. The summed E-state index contributed by atoms with van der Waals surface area (Å²) in [5.74, 6) is -0.477. The molecule has 32 heavy (non-hydrogen) atoms. The van der Waals surface area contributed by atoms with Gasteiger partial charge >= 0.3 is 0 Å². The summed E-state index contributed by atoms with van der Waals surface area (Å²) in [5.41, 5.74) is 0.619. The Balaban J connectivity index is 1.99. The standard InChI is InChI=1S/C20H24N4O7S/c1-22(2)32(28,29)19-12-14(4-7-18(19)30-3)21-20(25)16-13-15(24(26)27)5-6-17(16)23-8-10-31-11-9-23/h4-7,12-13H,8-11H2,1-3H3,(H,21,25). The van der Waals surface area contributed by atoms with Crippen LogP contribution in [0.25, 0.3) is 0 Å². The van der Waals surface area contributed by atoms with Gasteiger partial charge in [0.05, 0.1) is 36.5 Å². The second kappa shape index (κ2) is 9.51. The molecule has 0 unspecified atom stereocenters. The van der Waals surface area contributed by atoms with Gasteiger partial charge in [-0.15, -0.1) is 0 Å². The second-order valence-corrected chi connectivity index (χ2v) is 9.29. The van der Waals surface area contributed by atoms with Crippen molar-refractivity contribution in [3.8, 4) is 5.75 Å². The number of amides is 1. The minimum absolute atomic E-state index is 0.105. The molecule has 0 saturated carbocycles. The zero-order valence-electron chi connectivity index (χ0n) is 17.9. The largest absolute Gasteiger partial charge is 0.495 e. The Morgan fingerprint density at radius 1 is 1.19 bits per heavy atom. The van der Waals surface area contributed by atoms with Crippen LogP contribution in [0.15, 0.2) is 41.3 Å². The van der Waals surface area contributed by atoms with E-state index in [-0.39, 0.29) is 27.6 Å². The number of anilines is 2. The average Bonchev–Trinajstić information content (AvgIpc) is 2.79. The Labute approximate surface area is 185 Å². The molecule has 1 saturated heterocycles. The summed E-state index contributed by atoms with van der Waals surface area (Å²) in [7, 11) is 0.280. The number of nitro benzene ring substituents is 1. The van der Waals surface area contributed by atoms with Crippen molar-refractivity contribution in [1.82, 2.24) is 4.31 Å². The number of nitrogens with one attached hydrogen (secondary N) is 1. The van der Waals surface area contributed by atoms with Gasteiger partial charge < -0.3 is 19.7 Å². The lowest BCUT2D eigenvalue weighted by Gasteiger charge is -2.30. The quantitative estimate of drug-likeness (QED) is 0.486. The van der Waals surface area contributed by atoms with Crippen LogP contribution in [0.2, 0.25) is 0 Å². The number of sulfonamides is 1. The summed E-state index contributed by atoms with van der Waals surface area (Å²) in [5, 5.41) is 13.9. The number of rotatable bonds is 7. The van der Waals surface area contributed by atoms with Crippen LogP contribution in [0.1, 0.15) is 10.4 Å². The van der Waals surface area contributed by atoms with Crippen LogP contribution in [0.3, 0.4) is 0 Å². The molecule has 12 heteroatoms. The Kier molecular flexibility index (Phi) is 6.96. The first-order valence-electron chi connectivity index (χ1n) is 9.68. The summed E-state index contributed by atoms with van der Waals surface area (Å²) in [6.45, 7) is 2.02. The molecule has 3 rings (SSSR count). The van der Waals surface area contributed by atoms with Crippen molar-refractivity contribution in [2.45, 2.75) is 4.90 Å². The van der Waals surface area contributed by atoms with Crippen molar-refractivity contribution < 1.29 is 27.6 Å². The summed E-state index contributed by atoms with van der Waals surface area (Å²) >= 11 is 0. The van der Waals surface area contributed by atoms with Gasteiger partial charge in [0, 0.05) is 45.0 Å². The minimum Gasteiger partial charge on any atom is -0.495 e. The third-order valence-corrected chi connectivity index (χ3v) is 6.80. The Bertz CT molecular complexity index is 1130. The lowest BCUT2D eigenvalue weighted by Crippen LogP contribution is -2.37. The van der Waals surface area contributed by atoms with Gasteiger partial charge in [-0.25, -0.2) is 12.7 Å². The highest BCUT2D eigenvalue weighted by Gasteiger charge is 2.25. The van der Waals surface area contributed by atoms with Gasteiger partial charge in [0.2, 0.25) is 10.0 Å². The summed E-state index contributed by atoms with van der Waals surface area (Å²) in [6.07, 6.45) is 0. The van der Waals surface area contributed by atoms with Crippen molar-refractivity contribution in [3.63, 3.8) is 0 Å². The summed E-state index contributed by atoms with van der Waals surface area (Å²) in [6, 6.07) is 8.31. The number of benzene rings is 2. The van der Waals surface area contributed by atoms with E-state index in [1.165, 1.54) is 57.6 Å². The molecule has 0 spiro atoms. The molecule has 0 atom stereocenters. The van der Waals surface area contributed by atoms with Gasteiger partial charge in [-0.05, 0) is 24.3 Å². The molecule has 1 fully saturated rings. The molecule has 11 nitrogen and oxygen atoms in total. The van der Waals surface area contributed by atoms with E-state index in [1.54, 1.807) is 0 Å². The zero-order valence-corrected chi connectivity index (χ0v) is 18.7. The molecule has 172 valence electrons. The first-order valence-corrected chi connectivity index (χ1v) is 11.1. The van der Waals surface area contributed by atoms with Gasteiger partial charge in [-0.2, -0.15) is 0 Å². The lowest BCUT2D eigenvalue weighted by atomic mass is 10.1. The highest BCUT2D eigenvalue weighted by molar-refractivity contribution is 7.89. The molecule has 1 amide bonds. The molecular formula is C20H24N4O7S. The SMILES string of the molecule is COc1ccc(NC(=O)c2cc([N+](=O)[O-])ccc2N2CCOCC2)cc1S(=O)(=O)N(C)C. The predicted molar refractivity (Wildman–Crippen MR) is 118 cm³/mol. The number of carbonyl (C=O) groups is 1. The number of morpholine rings is 1. The molecule has 1 N–H and O–H groups in total. The molecule has 0 aliphatic carbocycles. The van der Waals surface area contributed by atoms with Crippen LogP contribution in [-0.2, 0) is 14.8 Å². The number of hydrogen-bond donors (Lipinski definition) is 1. The van der Waals surface area contributed by atoms with Crippen LogP contribution >= 0.6 is 0 Å². The number of carbonyl (C=O) groups excluding carboxylic acids is 1. The normalized spacial score (nSPS) is 14.3. The van der Waals surface area contributed by atoms with E-state index in [2.05, 4.69) is 5.32 Å². The van der Waals surface area contributed by atoms with Crippen molar-refractivity contribution in [2.24, 2.45) is 0 Å². The fraction of sp³-hybridized carbons (Fsp3) is 0.350. The van der Waals surface area contributed by atoms with Gasteiger partial charge in [-0.1, -0.05) is 0 Å². The Morgan fingerprint density at radius 2 is 1.88 bits per heavy atom. The van der Waals surface area contributed by atoms with E-state index in [0.29, 0.717) is 32.0 Å². The zero-order chi connectivity index (χ0) is 23.5. The molecule has 0 bridgehead atoms. The molecule has 2 aromatic carbocycles. The third kappa shape index (κ3) is 4.82. The van der Waals surface area contributed by atoms with Crippen LogP contribution < -0.4 is 15.0 Å². The maximum Gasteiger partial charge on any atom is 0.270 e. The first-order chi connectivity index (χ1) is 15.1. The minimum atomic E-state index is -3.84. The van der Waals surface area contributed by atoms with Crippen molar-refractivity contribution in [2.75, 3.05) is 57.7 Å². The Morgan fingerprint density at radius 3 is 2.47 bits per heavy atom. The fourth-order valence-corrected chi connectivity index (χ4v) is 4.33. The maximum atomic E-state index is 13.1. The molecule has 2 aromatic rings. The van der Waals surface area contributed by atoms with E-state index >= 15 is 0 Å². The predicted octanol–water partition coefficient (Wildman–Crippen LogP) is 1.94. The molecule has 1 heterocycles. The number of methoxy groups -OCH3 is 1. The number of non-ortho nitro benzene ring substituents is 1. The monoisotopic (exact) mass is 464 g/mol. The molecule has 1 aliphatic heterocycles. The molecule has 0 radical (unpaired) electrons. The average molecular weight is 465 g/mol.